The molecule has 3 nitrogen and oxygen atoms in total. The number of hydrogen-bond donors (Lipinski definition) is 0. The molecule has 0 spiro atoms. The lowest BCUT2D eigenvalue weighted by Gasteiger charge is -2.01. The number of alkyl halides is 1. The third-order valence-electron chi connectivity index (χ3n) is 1.91. The molecule has 0 N–H and O–H groups in total. The van der Waals surface area contributed by atoms with Crippen LogP contribution in [0.15, 0.2) is 24.3 Å². The minimum absolute atomic E-state index is 0.443. The molecule has 4 heteroatoms. The Labute approximate surface area is 94.7 Å². The third-order valence-corrected chi connectivity index (χ3v) is 2.63. The molecule has 1 heterocycles. The zero-order valence-electron chi connectivity index (χ0n) is 7.27. The van der Waals surface area contributed by atoms with Crippen LogP contribution in [0.1, 0.15) is 16.2 Å². The van der Waals surface area contributed by atoms with Gasteiger partial charge in [-0.05, 0) is 12.1 Å². The van der Waals surface area contributed by atoms with Crippen LogP contribution < -0.4 is 0 Å². The fourth-order valence-electron chi connectivity index (χ4n) is 1.24. The van der Waals surface area contributed by atoms with Crippen molar-refractivity contribution in [3.8, 4) is 0 Å². The minimum atomic E-state index is 0.443. The highest BCUT2D eigenvalue weighted by molar-refractivity contribution is 14.1. The first-order chi connectivity index (χ1) is 6.85. The molecule has 0 saturated carbocycles. The number of carbonyl (C=O) groups excluding carboxylic acids is 1. The Kier molecular flexibility index (Phi) is 2.72. The molecule has 2 rings (SSSR count). The average molecular weight is 298 g/mol. The molecule has 1 aromatic heterocycles. The normalized spacial score (nSPS) is 10.4. The number of nitrogens with zero attached hydrogens (tertiary/aromatic N) is 2. The van der Waals surface area contributed by atoms with Crippen molar-refractivity contribution in [2.24, 2.45) is 0 Å². The molecule has 0 amide bonds. The summed E-state index contributed by atoms with van der Waals surface area (Å²) in [6, 6.07) is 7.54. The van der Waals surface area contributed by atoms with E-state index in [0.717, 1.165) is 23.0 Å². The second-order valence-electron chi connectivity index (χ2n) is 2.80. The van der Waals surface area contributed by atoms with Gasteiger partial charge in [-0.1, -0.05) is 34.7 Å². The Balaban J connectivity index is 2.75. The van der Waals surface area contributed by atoms with Crippen LogP contribution in [0.2, 0.25) is 0 Å². The van der Waals surface area contributed by atoms with E-state index in [2.05, 4.69) is 32.6 Å². The predicted octanol–water partition coefficient (Wildman–Crippen LogP) is 2.38. The van der Waals surface area contributed by atoms with Crippen LogP contribution in [0.5, 0.6) is 0 Å². The molecule has 0 aliphatic rings. The first-order valence-corrected chi connectivity index (χ1v) is 5.64. The van der Waals surface area contributed by atoms with E-state index in [4.69, 9.17) is 0 Å². The Morgan fingerprint density at radius 3 is 2.43 bits per heavy atom. The summed E-state index contributed by atoms with van der Waals surface area (Å²) in [6.45, 7) is 0. The van der Waals surface area contributed by atoms with Crippen molar-refractivity contribution in [1.29, 1.82) is 0 Å². The van der Waals surface area contributed by atoms with Crippen LogP contribution in [0.25, 0.3) is 11.0 Å². The van der Waals surface area contributed by atoms with Crippen molar-refractivity contribution in [2.45, 2.75) is 4.43 Å². The topological polar surface area (TPSA) is 42.9 Å². The van der Waals surface area contributed by atoms with Crippen LogP contribution in [0, 0.1) is 0 Å². The highest BCUT2D eigenvalue weighted by Crippen LogP contribution is 2.13. The molecular formula is C10H7IN2O. The minimum Gasteiger partial charge on any atom is -0.296 e. The first-order valence-electron chi connectivity index (χ1n) is 4.12. The summed E-state index contributed by atoms with van der Waals surface area (Å²) >= 11 is 2.17. The monoisotopic (exact) mass is 298 g/mol. The van der Waals surface area contributed by atoms with Crippen LogP contribution in [-0.2, 0) is 4.43 Å². The summed E-state index contributed by atoms with van der Waals surface area (Å²) in [7, 11) is 0. The number of aldehydes is 1. The van der Waals surface area contributed by atoms with E-state index in [9.17, 15) is 4.79 Å². The van der Waals surface area contributed by atoms with Crippen molar-refractivity contribution in [2.75, 3.05) is 0 Å². The van der Waals surface area contributed by atoms with Crippen molar-refractivity contribution >= 4 is 39.9 Å². The van der Waals surface area contributed by atoms with Gasteiger partial charge in [0, 0.05) is 4.43 Å². The van der Waals surface area contributed by atoms with Crippen LogP contribution in [0.4, 0.5) is 0 Å². The number of benzene rings is 1. The molecule has 0 aliphatic heterocycles. The molecule has 2 aromatic rings. The van der Waals surface area contributed by atoms with E-state index >= 15 is 0 Å². The van der Waals surface area contributed by atoms with Gasteiger partial charge in [0.2, 0.25) is 0 Å². The number of para-hydroxylation sites is 2. The van der Waals surface area contributed by atoms with Crippen molar-refractivity contribution in [1.82, 2.24) is 9.97 Å². The van der Waals surface area contributed by atoms with Crippen LogP contribution in [-0.4, -0.2) is 16.3 Å². The molecule has 70 valence electrons. The maximum Gasteiger partial charge on any atom is 0.170 e. The third kappa shape index (κ3) is 1.61. The lowest BCUT2D eigenvalue weighted by Crippen LogP contribution is -1.98. The molecule has 0 bridgehead atoms. The van der Waals surface area contributed by atoms with Gasteiger partial charge in [-0.2, -0.15) is 0 Å². The predicted molar refractivity (Wildman–Crippen MR) is 62.6 cm³/mol. The van der Waals surface area contributed by atoms with E-state index < -0.39 is 0 Å². The SMILES string of the molecule is O=Cc1nc2ccccc2nc1CI. The molecular weight excluding hydrogens is 291 g/mol. The number of carbonyl (C=O) groups is 1. The highest BCUT2D eigenvalue weighted by atomic mass is 127. The Morgan fingerprint density at radius 2 is 1.86 bits per heavy atom. The Hall–Kier alpha value is -1.04. The fourth-order valence-corrected chi connectivity index (χ4v) is 1.80. The van der Waals surface area contributed by atoms with Gasteiger partial charge < -0.3 is 0 Å². The summed E-state index contributed by atoms with van der Waals surface area (Å²) < 4.78 is 0.698. The van der Waals surface area contributed by atoms with E-state index in [0.29, 0.717) is 10.1 Å². The summed E-state index contributed by atoms with van der Waals surface area (Å²) in [5.41, 5.74) is 2.80. The summed E-state index contributed by atoms with van der Waals surface area (Å²) in [5.74, 6) is 0. The van der Waals surface area contributed by atoms with Gasteiger partial charge in [0.05, 0.1) is 16.7 Å². The second-order valence-corrected chi connectivity index (χ2v) is 3.56. The molecule has 0 unspecified atom stereocenters. The number of fused-ring (bicyclic) bond motifs is 1. The molecule has 14 heavy (non-hydrogen) atoms. The van der Waals surface area contributed by atoms with Crippen LogP contribution >= 0.6 is 22.6 Å². The zero-order valence-corrected chi connectivity index (χ0v) is 9.43. The van der Waals surface area contributed by atoms with Gasteiger partial charge in [-0.3, -0.25) is 4.79 Å². The Morgan fingerprint density at radius 1 is 1.21 bits per heavy atom. The first kappa shape index (κ1) is 9.51. The number of aromatic nitrogens is 2. The quantitative estimate of drug-likeness (QED) is 0.486. The standard InChI is InChI=1S/C10H7IN2O/c11-5-9-10(6-14)13-8-4-2-1-3-7(8)12-9/h1-4,6H,5H2. The highest BCUT2D eigenvalue weighted by Gasteiger charge is 2.05. The molecule has 0 radical (unpaired) electrons. The van der Waals surface area contributed by atoms with Gasteiger partial charge in [-0.25, -0.2) is 9.97 Å². The lowest BCUT2D eigenvalue weighted by molar-refractivity contribution is 0.111. The molecule has 0 atom stereocenters. The van der Waals surface area contributed by atoms with Gasteiger partial charge in [-0.15, -0.1) is 0 Å². The largest absolute Gasteiger partial charge is 0.296 e. The lowest BCUT2D eigenvalue weighted by atomic mass is 10.2. The maximum absolute atomic E-state index is 10.7. The van der Waals surface area contributed by atoms with Gasteiger partial charge >= 0.3 is 0 Å². The van der Waals surface area contributed by atoms with E-state index in [1.165, 1.54) is 0 Å². The molecule has 1 aromatic carbocycles. The number of hydrogen-bond acceptors (Lipinski definition) is 3. The summed E-state index contributed by atoms with van der Waals surface area (Å²) in [4.78, 5) is 19.3. The van der Waals surface area contributed by atoms with Crippen molar-refractivity contribution in [3.63, 3.8) is 0 Å². The van der Waals surface area contributed by atoms with Crippen molar-refractivity contribution in [3.05, 3.63) is 35.7 Å². The van der Waals surface area contributed by atoms with Crippen molar-refractivity contribution < 1.29 is 4.79 Å². The summed E-state index contributed by atoms with van der Waals surface area (Å²) in [5, 5.41) is 0. The van der Waals surface area contributed by atoms with Gasteiger partial charge in [0.15, 0.2) is 6.29 Å². The fraction of sp³-hybridized carbons (Fsp3) is 0.100. The summed E-state index contributed by atoms with van der Waals surface area (Å²) in [6.07, 6.45) is 0.757. The maximum atomic E-state index is 10.7. The number of rotatable bonds is 2. The average Bonchev–Trinajstić information content (AvgIpc) is 2.27. The smallest absolute Gasteiger partial charge is 0.170 e. The van der Waals surface area contributed by atoms with E-state index in [1.807, 2.05) is 24.3 Å². The molecule has 0 fully saturated rings. The van der Waals surface area contributed by atoms with E-state index in [1.54, 1.807) is 0 Å². The molecule has 0 saturated heterocycles. The van der Waals surface area contributed by atoms with Crippen LogP contribution in [0.3, 0.4) is 0 Å². The van der Waals surface area contributed by atoms with E-state index in [-0.39, 0.29) is 0 Å². The zero-order chi connectivity index (χ0) is 9.97. The van der Waals surface area contributed by atoms with Gasteiger partial charge in [0.25, 0.3) is 0 Å². The van der Waals surface area contributed by atoms with Gasteiger partial charge in [0.1, 0.15) is 5.69 Å². The molecule has 0 aliphatic carbocycles. The second kappa shape index (κ2) is 4.00. The number of halogens is 1. The Bertz CT molecular complexity index is 485.